The minimum atomic E-state index is -3.50. The lowest BCUT2D eigenvalue weighted by Gasteiger charge is -2.34. The van der Waals surface area contributed by atoms with Gasteiger partial charge in [-0.1, -0.05) is 6.42 Å². The van der Waals surface area contributed by atoms with E-state index in [-0.39, 0.29) is 17.7 Å². The Labute approximate surface area is 107 Å². The summed E-state index contributed by atoms with van der Waals surface area (Å²) in [6.07, 6.45) is 4.69. The SMILES string of the molecule is Cn1nccc1S(=O)(=O)N1CCCCC1CCO. The van der Waals surface area contributed by atoms with Crippen molar-refractivity contribution in [1.29, 1.82) is 0 Å². The summed E-state index contributed by atoms with van der Waals surface area (Å²) in [5.41, 5.74) is 0. The van der Waals surface area contributed by atoms with E-state index in [4.69, 9.17) is 5.11 Å². The smallest absolute Gasteiger partial charge is 0.260 e. The predicted molar refractivity (Wildman–Crippen MR) is 66.4 cm³/mol. The van der Waals surface area contributed by atoms with Gasteiger partial charge in [0.1, 0.15) is 0 Å². The molecule has 0 amide bonds. The van der Waals surface area contributed by atoms with Gasteiger partial charge in [0.05, 0.1) is 6.20 Å². The number of hydrogen-bond donors (Lipinski definition) is 1. The Kier molecular flexibility index (Phi) is 4.04. The average molecular weight is 273 g/mol. The number of sulfonamides is 1. The van der Waals surface area contributed by atoms with Gasteiger partial charge in [-0.15, -0.1) is 0 Å². The highest BCUT2D eigenvalue weighted by molar-refractivity contribution is 7.89. The molecule has 1 N–H and O–H groups in total. The first kappa shape index (κ1) is 13.5. The lowest BCUT2D eigenvalue weighted by Crippen LogP contribution is -2.44. The number of hydrogen-bond acceptors (Lipinski definition) is 4. The summed E-state index contributed by atoms with van der Waals surface area (Å²) in [5, 5.41) is 13.2. The highest BCUT2D eigenvalue weighted by Gasteiger charge is 2.34. The van der Waals surface area contributed by atoms with Gasteiger partial charge in [0.25, 0.3) is 10.0 Å². The third-order valence-electron chi connectivity index (χ3n) is 3.38. The Morgan fingerprint density at radius 1 is 1.50 bits per heavy atom. The number of aliphatic hydroxyl groups is 1. The topological polar surface area (TPSA) is 75.4 Å². The number of nitrogens with zero attached hydrogens (tertiary/aromatic N) is 3. The van der Waals surface area contributed by atoms with Crippen LogP contribution in [0, 0.1) is 0 Å². The van der Waals surface area contributed by atoms with Gasteiger partial charge < -0.3 is 5.11 Å². The molecule has 2 rings (SSSR count). The molecule has 0 saturated carbocycles. The zero-order valence-corrected chi connectivity index (χ0v) is 11.3. The van der Waals surface area contributed by atoms with Gasteiger partial charge in [-0.25, -0.2) is 8.42 Å². The third kappa shape index (κ3) is 2.43. The molecule has 18 heavy (non-hydrogen) atoms. The first-order valence-corrected chi connectivity index (χ1v) is 7.62. The van der Waals surface area contributed by atoms with Crippen molar-refractivity contribution in [3.05, 3.63) is 12.3 Å². The van der Waals surface area contributed by atoms with E-state index >= 15 is 0 Å². The molecule has 0 aromatic carbocycles. The molecule has 1 atom stereocenters. The van der Waals surface area contributed by atoms with Crippen LogP contribution in [0.15, 0.2) is 17.3 Å². The van der Waals surface area contributed by atoms with Crippen LogP contribution in [0.2, 0.25) is 0 Å². The molecule has 0 bridgehead atoms. The maximum Gasteiger partial charge on any atom is 0.260 e. The van der Waals surface area contributed by atoms with E-state index in [0.717, 1.165) is 19.3 Å². The minimum absolute atomic E-state index is 0.0159. The Hall–Kier alpha value is -0.920. The molecule has 1 aromatic rings. The van der Waals surface area contributed by atoms with Crippen LogP contribution < -0.4 is 0 Å². The molecule has 6 nitrogen and oxygen atoms in total. The Balaban J connectivity index is 2.30. The molecule has 1 aliphatic rings. The summed E-state index contributed by atoms with van der Waals surface area (Å²) in [7, 11) is -1.88. The van der Waals surface area contributed by atoms with Gasteiger partial charge in [0, 0.05) is 26.2 Å². The second kappa shape index (κ2) is 5.38. The fourth-order valence-electron chi connectivity index (χ4n) is 2.46. The van der Waals surface area contributed by atoms with Crippen LogP contribution in [-0.2, 0) is 17.1 Å². The average Bonchev–Trinajstić information content (AvgIpc) is 2.77. The van der Waals surface area contributed by atoms with E-state index in [0.29, 0.717) is 13.0 Å². The second-order valence-electron chi connectivity index (χ2n) is 4.57. The predicted octanol–water partition coefficient (Wildman–Crippen LogP) is 0.346. The van der Waals surface area contributed by atoms with E-state index < -0.39 is 10.0 Å². The zero-order chi connectivity index (χ0) is 13.2. The molecular formula is C11H19N3O3S. The number of aromatic nitrogens is 2. The van der Waals surface area contributed by atoms with Crippen molar-refractivity contribution < 1.29 is 13.5 Å². The zero-order valence-electron chi connectivity index (χ0n) is 10.5. The van der Waals surface area contributed by atoms with Gasteiger partial charge >= 0.3 is 0 Å². The molecule has 0 aliphatic carbocycles. The summed E-state index contributed by atoms with van der Waals surface area (Å²) >= 11 is 0. The molecule has 102 valence electrons. The molecule has 7 heteroatoms. The third-order valence-corrected chi connectivity index (χ3v) is 5.41. The van der Waals surface area contributed by atoms with Crippen LogP contribution in [0.1, 0.15) is 25.7 Å². The van der Waals surface area contributed by atoms with Crippen LogP contribution in [0.4, 0.5) is 0 Å². The van der Waals surface area contributed by atoms with Crippen LogP contribution in [0.3, 0.4) is 0 Å². The summed E-state index contributed by atoms with van der Waals surface area (Å²) in [4.78, 5) is 0. The standard InChI is InChI=1S/C11H19N3O3S/c1-13-11(5-7-12-13)18(16,17)14-8-3-2-4-10(14)6-9-15/h5,7,10,15H,2-4,6,8-9H2,1H3. The van der Waals surface area contributed by atoms with Crippen molar-refractivity contribution >= 4 is 10.0 Å². The maximum absolute atomic E-state index is 12.5. The van der Waals surface area contributed by atoms with E-state index in [1.807, 2.05) is 0 Å². The van der Waals surface area contributed by atoms with Gasteiger partial charge in [0.2, 0.25) is 0 Å². The van der Waals surface area contributed by atoms with E-state index in [2.05, 4.69) is 5.10 Å². The van der Waals surface area contributed by atoms with E-state index in [1.54, 1.807) is 7.05 Å². The van der Waals surface area contributed by atoms with Gasteiger partial charge in [0.15, 0.2) is 5.03 Å². The van der Waals surface area contributed by atoms with Crippen molar-refractivity contribution in [1.82, 2.24) is 14.1 Å². The van der Waals surface area contributed by atoms with Crippen LogP contribution >= 0.6 is 0 Å². The summed E-state index contributed by atoms with van der Waals surface area (Å²) in [6, 6.07) is 1.42. The molecule has 1 aromatic heterocycles. The van der Waals surface area contributed by atoms with Gasteiger partial charge in [-0.05, 0) is 25.3 Å². The van der Waals surface area contributed by atoms with Crippen LogP contribution in [-0.4, -0.2) is 46.8 Å². The quantitative estimate of drug-likeness (QED) is 0.858. The summed E-state index contributed by atoms with van der Waals surface area (Å²) in [5.74, 6) is 0. The second-order valence-corrected chi connectivity index (χ2v) is 6.41. The van der Waals surface area contributed by atoms with E-state index in [1.165, 1.54) is 21.3 Å². The van der Waals surface area contributed by atoms with Crippen LogP contribution in [0.5, 0.6) is 0 Å². The highest BCUT2D eigenvalue weighted by atomic mass is 32.2. The Bertz CT molecular complexity index is 495. The highest BCUT2D eigenvalue weighted by Crippen LogP contribution is 2.26. The molecule has 1 fully saturated rings. The van der Waals surface area contributed by atoms with Gasteiger partial charge in [-0.3, -0.25) is 4.68 Å². The fraction of sp³-hybridized carbons (Fsp3) is 0.727. The Morgan fingerprint density at radius 3 is 2.89 bits per heavy atom. The number of aliphatic hydroxyl groups excluding tert-OH is 1. The number of aryl methyl sites for hydroxylation is 1. The lowest BCUT2D eigenvalue weighted by molar-refractivity contribution is 0.192. The molecule has 0 spiro atoms. The van der Waals surface area contributed by atoms with Crippen molar-refractivity contribution in [2.24, 2.45) is 7.05 Å². The molecule has 0 radical (unpaired) electrons. The Morgan fingerprint density at radius 2 is 2.28 bits per heavy atom. The largest absolute Gasteiger partial charge is 0.396 e. The van der Waals surface area contributed by atoms with Crippen LogP contribution in [0.25, 0.3) is 0 Å². The summed E-state index contributed by atoms with van der Waals surface area (Å²) in [6.45, 7) is 0.542. The van der Waals surface area contributed by atoms with Crippen molar-refractivity contribution in [3.8, 4) is 0 Å². The number of piperidine rings is 1. The maximum atomic E-state index is 12.5. The fourth-order valence-corrected chi connectivity index (χ4v) is 4.29. The van der Waals surface area contributed by atoms with Crippen molar-refractivity contribution in [3.63, 3.8) is 0 Å². The minimum Gasteiger partial charge on any atom is -0.396 e. The van der Waals surface area contributed by atoms with E-state index in [9.17, 15) is 8.42 Å². The summed E-state index contributed by atoms with van der Waals surface area (Å²) < 4.78 is 28.0. The number of rotatable bonds is 4. The van der Waals surface area contributed by atoms with Crippen molar-refractivity contribution in [2.45, 2.75) is 36.8 Å². The molecule has 1 aliphatic heterocycles. The molecule has 2 heterocycles. The van der Waals surface area contributed by atoms with Gasteiger partial charge in [-0.2, -0.15) is 9.40 Å². The molecule has 1 saturated heterocycles. The first-order valence-electron chi connectivity index (χ1n) is 6.18. The first-order chi connectivity index (χ1) is 8.57. The normalized spacial score (nSPS) is 22.2. The lowest BCUT2D eigenvalue weighted by atomic mass is 10.0. The monoisotopic (exact) mass is 273 g/mol. The molecule has 1 unspecified atom stereocenters. The van der Waals surface area contributed by atoms with Crippen molar-refractivity contribution in [2.75, 3.05) is 13.2 Å². The molecular weight excluding hydrogens is 254 g/mol.